The lowest BCUT2D eigenvalue weighted by Crippen LogP contribution is -2.58. The molecule has 79 valence electrons. The molecule has 0 bridgehead atoms. The highest BCUT2D eigenvalue weighted by atomic mass is 32.6. The van der Waals surface area contributed by atoms with Gasteiger partial charge in [0, 0.05) is 12.5 Å². The van der Waals surface area contributed by atoms with Crippen molar-refractivity contribution in [2.24, 2.45) is 0 Å². The van der Waals surface area contributed by atoms with Crippen LogP contribution in [0.15, 0.2) is 0 Å². The maximum atomic E-state index is 11.4. The number of hydrogen-bond donors (Lipinski definition) is 0. The molecule has 0 aromatic carbocycles. The molecule has 0 aliphatic rings. The van der Waals surface area contributed by atoms with Gasteiger partial charge in [0.2, 0.25) is 0 Å². The Kier molecular flexibility index (Phi) is 3.57. The van der Waals surface area contributed by atoms with Gasteiger partial charge in [0.15, 0.2) is 0 Å². The molecule has 8 heteroatoms. The molecule has 0 rings (SSSR count). The van der Waals surface area contributed by atoms with Crippen LogP contribution >= 0.6 is 0 Å². The van der Waals surface area contributed by atoms with Crippen LogP contribution in [0.2, 0.25) is 19.6 Å². The smallest absolute Gasteiger partial charge is 0.236 e. The van der Waals surface area contributed by atoms with E-state index in [1.54, 1.807) is 13.1 Å². The highest BCUT2D eigenvalue weighted by Gasteiger charge is 2.53. The third-order valence-electron chi connectivity index (χ3n) is 2.32. The Hall–Kier alpha value is 0.334. The van der Waals surface area contributed by atoms with E-state index in [0.29, 0.717) is 0 Å². The van der Waals surface area contributed by atoms with Crippen LogP contribution in [-0.2, 0) is 18.6 Å². The van der Waals surface area contributed by atoms with E-state index in [1.165, 1.54) is 6.55 Å². The first-order chi connectivity index (χ1) is 5.44. The lowest BCUT2D eigenvalue weighted by atomic mass is 11.9. The first kappa shape index (κ1) is 13.3. The zero-order chi connectivity index (χ0) is 11.1. The van der Waals surface area contributed by atoms with Crippen molar-refractivity contribution in [1.29, 1.82) is 0 Å². The largest absolute Gasteiger partial charge is 0.309 e. The highest BCUT2D eigenvalue weighted by molar-refractivity contribution is 8.56. The van der Waals surface area contributed by atoms with E-state index in [9.17, 15) is 16.8 Å². The number of hydrogen-bond acceptors (Lipinski definition) is 4. The highest BCUT2D eigenvalue weighted by Crippen LogP contribution is 2.20. The van der Waals surface area contributed by atoms with Crippen molar-refractivity contribution in [3.8, 4) is 0 Å². The Bertz CT molecular complexity index is 349. The van der Waals surface area contributed by atoms with E-state index in [4.69, 9.17) is 0 Å². The van der Waals surface area contributed by atoms with E-state index < -0.39 is 32.8 Å². The molecule has 0 unspecified atom stereocenters. The van der Waals surface area contributed by atoms with Crippen LogP contribution in [0.3, 0.4) is 0 Å². The molecule has 0 N–H and O–H groups in total. The van der Waals surface area contributed by atoms with Crippen molar-refractivity contribution in [1.82, 2.24) is 0 Å². The van der Waals surface area contributed by atoms with Gasteiger partial charge >= 0.3 is 5.89 Å². The van der Waals surface area contributed by atoms with Crippen LogP contribution < -0.4 is 0 Å². The lowest BCUT2D eigenvalue weighted by Gasteiger charge is -2.24. The zero-order valence-electron chi connectivity index (χ0n) is 8.45. The Balaban J connectivity index is 5.80. The standard InChI is InChI=1S/C5H15O4S2Si2/c1-10(6,7)13(5,12(3)4)11(2,8)9/h1-5H3. The molecule has 1 radical (unpaired) electrons. The molecule has 0 atom stereocenters. The van der Waals surface area contributed by atoms with Crippen LogP contribution in [0.1, 0.15) is 0 Å². The second-order valence-corrected chi connectivity index (χ2v) is 28.8. The van der Waals surface area contributed by atoms with Crippen molar-refractivity contribution in [3.63, 3.8) is 0 Å². The minimum atomic E-state index is -3.43. The predicted molar refractivity (Wildman–Crippen MR) is 58.8 cm³/mol. The van der Waals surface area contributed by atoms with Gasteiger partial charge in [-0.1, -0.05) is 13.1 Å². The summed E-state index contributed by atoms with van der Waals surface area (Å²) in [6, 6.07) is 0. The average Bonchev–Trinajstić information content (AvgIpc) is 1.80. The van der Waals surface area contributed by atoms with E-state index >= 15 is 0 Å². The molecular weight excluding hydrogens is 244 g/mol. The van der Waals surface area contributed by atoms with Crippen molar-refractivity contribution >= 4 is 32.8 Å². The van der Waals surface area contributed by atoms with Crippen LogP contribution in [0.5, 0.6) is 0 Å². The van der Waals surface area contributed by atoms with Gasteiger partial charge in [0.05, 0.1) is 8.31 Å². The maximum Gasteiger partial charge on any atom is 0.309 e. The predicted octanol–water partition coefficient (Wildman–Crippen LogP) is -0.0196. The lowest BCUT2D eigenvalue weighted by molar-refractivity contribution is 0.609. The Morgan fingerprint density at radius 1 is 0.923 bits per heavy atom. The third-order valence-corrected chi connectivity index (χ3v) is 40.4. The summed E-state index contributed by atoms with van der Waals surface area (Å²) >= 11 is 0. The molecule has 0 aliphatic heterocycles. The molecule has 0 saturated carbocycles. The van der Waals surface area contributed by atoms with Gasteiger partial charge in [0.1, 0.15) is 18.6 Å². The second kappa shape index (κ2) is 3.48. The maximum absolute atomic E-state index is 11.4. The second-order valence-electron chi connectivity index (χ2n) is 3.49. The van der Waals surface area contributed by atoms with E-state index in [1.807, 2.05) is 0 Å². The molecule has 0 amide bonds. The molecule has 0 aliphatic carbocycles. The van der Waals surface area contributed by atoms with Gasteiger partial charge in [-0.2, -0.15) is 0 Å². The van der Waals surface area contributed by atoms with Gasteiger partial charge in [0.25, 0.3) is 0 Å². The van der Waals surface area contributed by atoms with Crippen molar-refractivity contribution in [3.05, 3.63) is 0 Å². The summed E-state index contributed by atoms with van der Waals surface area (Å²) in [6.07, 6.45) is 2.08. The molecule has 0 saturated heterocycles. The quantitative estimate of drug-likeness (QED) is 0.668. The van der Waals surface area contributed by atoms with E-state index in [-0.39, 0.29) is 0 Å². The molecule has 0 spiro atoms. The SMILES string of the molecule is C[Si](C)[Si](C)(S(C)(=O)=O)S(C)(=O)=O. The topological polar surface area (TPSA) is 68.3 Å². The van der Waals surface area contributed by atoms with Crippen molar-refractivity contribution in [2.45, 2.75) is 19.6 Å². The zero-order valence-corrected chi connectivity index (χ0v) is 12.1. The van der Waals surface area contributed by atoms with E-state index in [2.05, 4.69) is 0 Å². The van der Waals surface area contributed by atoms with Crippen molar-refractivity contribution < 1.29 is 16.8 Å². The molecule has 13 heavy (non-hydrogen) atoms. The van der Waals surface area contributed by atoms with Crippen molar-refractivity contribution in [2.75, 3.05) is 12.5 Å². The Morgan fingerprint density at radius 3 is 1.15 bits per heavy atom. The summed E-state index contributed by atoms with van der Waals surface area (Å²) in [4.78, 5) is 0. The molecule has 4 nitrogen and oxygen atoms in total. The van der Waals surface area contributed by atoms with Gasteiger partial charge < -0.3 is 0 Å². The molecule has 0 aromatic rings. The normalized spacial score (nSPS) is 14.9. The minimum absolute atomic E-state index is 1.04. The number of rotatable bonds is 3. The summed E-state index contributed by atoms with van der Waals surface area (Å²) in [5.41, 5.74) is 0. The van der Waals surface area contributed by atoms with Gasteiger partial charge in [-0.15, -0.1) is 0 Å². The Morgan fingerprint density at radius 2 is 1.15 bits per heavy atom. The van der Waals surface area contributed by atoms with Crippen LogP contribution in [0.4, 0.5) is 0 Å². The summed E-state index contributed by atoms with van der Waals surface area (Å²) in [7, 11) is -8.17. The first-order valence-electron chi connectivity index (χ1n) is 3.64. The van der Waals surface area contributed by atoms with Gasteiger partial charge in [-0.05, 0) is 6.55 Å². The van der Waals surface area contributed by atoms with Crippen LogP contribution in [-0.4, -0.2) is 43.6 Å². The Labute approximate surface area is 81.9 Å². The molecular formula is C5H15O4S2Si2. The molecule has 0 aromatic heterocycles. The summed E-state index contributed by atoms with van der Waals surface area (Å²) in [5, 5.41) is 0. The summed E-state index contributed by atoms with van der Waals surface area (Å²) in [6.45, 7) is 4.93. The minimum Gasteiger partial charge on any atom is -0.236 e. The fraction of sp³-hybridized carbons (Fsp3) is 1.00. The fourth-order valence-corrected chi connectivity index (χ4v) is 27.4. The molecule has 0 fully saturated rings. The van der Waals surface area contributed by atoms with Gasteiger partial charge in [-0.3, -0.25) is 0 Å². The van der Waals surface area contributed by atoms with E-state index in [0.717, 1.165) is 12.5 Å². The third kappa shape index (κ3) is 2.22. The van der Waals surface area contributed by atoms with Crippen LogP contribution in [0.25, 0.3) is 0 Å². The first-order valence-corrected chi connectivity index (χ1v) is 14.9. The van der Waals surface area contributed by atoms with Crippen LogP contribution in [0, 0.1) is 0 Å². The molecule has 0 heterocycles. The summed E-state index contributed by atoms with van der Waals surface area (Å²) < 4.78 is 45.8. The summed E-state index contributed by atoms with van der Waals surface area (Å²) in [5.74, 6) is -3.18. The average molecular weight is 259 g/mol. The van der Waals surface area contributed by atoms with Gasteiger partial charge in [-0.25, -0.2) is 16.8 Å². The fourth-order valence-electron chi connectivity index (χ4n) is 1.02. The monoisotopic (exact) mass is 259 g/mol.